The van der Waals surface area contributed by atoms with Crippen LogP contribution in [0.3, 0.4) is 0 Å². The van der Waals surface area contributed by atoms with Crippen LogP contribution in [-0.2, 0) is 16.0 Å². The number of nitrogens with one attached hydrogen (secondary N) is 1. The zero-order valence-corrected chi connectivity index (χ0v) is 17.0. The number of halogens is 2. The molecule has 0 radical (unpaired) electrons. The van der Waals surface area contributed by atoms with E-state index in [1.54, 1.807) is 17.0 Å². The summed E-state index contributed by atoms with van der Waals surface area (Å²) in [5.41, 5.74) is 3.52. The number of nitrogens with zero attached hydrogens (tertiary/aromatic N) is 1. The lowest BCUT2D eigenvalue weighted by Gasteiger charge is -2.17. The fourth-order valence-electron chi connectivity index (χ4n) is 3.07. The molecule has 1 aliphatic rings. The first-order valence-corrected chi connectivity index (χ1v) is 9.72. The number of benzene rings is 2. The van der Waals surface area contributed by atoms with Crippen LogP contribution in [0, 0.1) is 12.8 Å². The maximum Gasteiger partial charge on any atom is 0.229 e. The van der Waals surface area contributed by atoms with Gasteiger partial charge in [0.15, 0.2) is 0 Å². The van der Waals surface area contributed by atoms with Crippen molar-refractivity contribution in [1.82, 2.24) is 0 Å². The molecule has 2 aromatic carbocycles. The maximum absolute atomic E-state index is 12.6. The Hall–Kier alpha value is -1.85. The van der Waals surface area contributed by atoms with Crippen LogP contribution >= 0.6 is 27.5 Å². The van der Waals surface area contributed by atoms with Crippen LogP contribution < -0.4 is 10.2 Å². The lowest BCUT2D eigenvalue weighted by molar-refractivity contribution is -0.122. The molecule has 1 saturated heterocycles. The van der Waals surface area contributed by atoms with Crippen molar-refractivity contribution in [3.63, 3.8) is 0 Å². The molecule has 0 aromatic heterocycles. The topological polar surface area (TPSA) is 49.4 Å². The van der Waals surface area contributed by atoms with Crippen LogP contribution in [0.5, 0.6) is 0 Å². The van der Waals surface area contributed by atoms with E-state index in [2.05, 4.69) is 28.2 Å². The Morgan fingerprint density at radius 1 is 1.27 bits per heavy atom. The average Bonchev–Trinajstić information content (AvgIpc) is 3.04. The summed E-state index contributed by atoms with van der Waals surface area (Å²) in [5, 5.41) is 3.48. The van der Waals surface area contributed by atoms with Gasteiger partial charge in [0.25, 0.3) is 0 Å². The second-order valence-corrected chi connectivity index (χ2v) is 7.68. The molecular weight excluding hydrogens is 416 g/mol. The van der Waals surface area contributed by atoms with Crippen molar-refractivity contribution in [3.05, 3.63) is 57.0 Å². The van der Waals surface area contributed by atoms with Crippen molar-refractivity contribution >= 4 is 50.7 Å². The van der Waals surface area contributed by atoms with E-state index in [4.69, 9.17) is 11.6 Å². The maximum atomic E-state index is 12.6. The highest BCUT2D eigenvalue weighted by atomic mass is 79.9. The molecule has 0 aliphatic carbocycles. The van der Waals surface area contributed by atoms with Crippen LogP contribution in [-0.4, -0.2) is 18.4 Å². The highest BCUT2D eigenvalue weighted by Gasteiger charge is 2.35. The van der Waals surface area contributed by atoms with Gasteiger partial charge in [-0.1, -0.05) is 30.7 Å². The molecule has 136 valence electrons. The summed E-state index contributed by atoms with van der Waals surface area (Å²) in [6.07, 6.45) is 1.17. The molecule has 26 heavy (non-hydrogen) atoms. The lowest BCUT2D eigenvalue weighted by atomic mass is 10.1. The smallest absolute Gasteiger partial charge is 0.229 e. The van der Waals surface area contributed by atoms with Crippen LogP contribution in [0.1, 0.15) is 24.5 Å². The number of hydrogen-bond donors (Lipinski definition) is 1. The highest BCUT2D eigenvalue weighted by molar-refractivity contribution is 9.10. The standard InChI is InChI=1S/C20H20BrClN2O2/c1-3-13-4-6-15(7-5-13)24-11-14(10-18(24)25)20(26)23-17-9-8-16(21)19(22)12(17)2/h4-9,14H,3,10-11H2,1-2H3,(H,23,26)/t14-/m0/s1. The van der Waals surface area contributed by atoms with Crippen LogP contribution in [0.25, 0.3) is 0 Å². The van der Waals surface area contributed by atoms with Gasteiger partial charge in [-0.15, -0.1) is 0 Å². The summed E-state index contributed by atoms with van der Waals surface area (Å²) >= 11 is 9.58. The van der Waals surface area contributed by atoms with E-state index in [0.717, 1.165) is 22.1 Å². The zero-order valence-electron chi connectivity index (χ0n) is 14.7. The van der Waals surface area contributed by atoms with Gasteiger partial charge in [-0.05, 0) is 64.7 Å². The van der Waals surface area contributed by atoms with Crippen LogP contribution in [0.15, 0.2) is 40.9 Å². The summed E-state index contributed by atoms with van der Waals surface area (Å²) < 4.78 is 0.785. The lowest BCUT2D eigenvalue weighted by Crippen LogP contribution is -2.28. The Bertz CT molecular complexity index is 852. The number of hydrogen-bond acceptors (Lipinski definition) is 2. The van der Waals surface area contributed by atoms with Gasteiger partial charge in [-0.2, -0.15) is 0 Å². The van der Waals surface area contributed by atoms with E-state index in [1.807, 2.05) is 31.2 Å². The first-order valence-electron chi connectivity index (χ1n) is 8.55. The van der Waals surface area contributed by atoms with E-state index in [9.17, 15) is 9.59 Å². The third-order valence-electron chi connectivity index (χ3n) is 4.75. The summed E-state index contributed by atoms with van der Waals surface area (Å²) in [6, 6.07) is 11.5. The molecule has 6 heteroatoms. The Labute approximate surface area is 166 Å². The molecule has 0 unspecified atom stereocenters. The highest BCUT2D eigenvalue weighted by Crippen LogP contribution is 2.32. The van der Waals surface area contributed by atoms with Crippen molar-refractivity contribution in [1.29, 1.82) is 0 Å². The van der Waals surface area contributed by atoms with E-state index < -0.39 is 0 Å². The number of amides is 2. The monoisotopic (exact) mass is 434 g/mol. The van der Waals surface area contributed by atoms with E-state index in [1.165, 1.54) is 5.56 Å². The molecule has 2 amide bonds. The number of carbonyl (C=O) groups is 2. The minimum atomic E-state index is -0.379. The van der Waals surface area contributed by atoms with Crippen molar-refractivity contribution in [2.75, 3.05) is 16.8 Å². The first-order chi connectivity index (χ1) is 12.4. The predicted octanol–water partition coefficient (Wildman–Crippen LogP) is 4.96. The number of anilines is 2. The van der Waals surface area contributed by atoms with E-state index in [0.29, 0.717) is 17.3 Å². The fourth-order valence-corrected chi connectivity index (χ4v) is 3.66. The fraction of sp³-hybridized carbons (Fsp3) is 0.300. The summed E-state index contributed by atoms with van der Waals surface area (Å²) in [6.45, 7) is 4.33. The molecule has 0 bridgehead atoms. The summed E-state index contributed by atoms with van der Waals surface area (Å²) in [5.74, 6) is -0.567. The molecule has 1 atom stereocenters. The Kier molecular flexibility index (Phi) is 5.68. The Morgan fingerprint density at radius 2 is 1.96 bits per heavy atom. The second kappa shape index (κ2) is 7.80. The summed E-state index contributed by atoms with van der Waals surface area (Å²) in [7, 11) is 0. The SMILES string of the molecule is CCc1ccc(N2C[C@@H](C(=O)Nc3ccc(Br)c(Cl)c3C)CC2=O)cc1. The third kappa shape index (κ3) is 3.79. The van der Waals surface area contributed by atoms with Crippen molar-refractivity contribution in [2.24, 2.45) is 5.92 Å². The Morgan fingerprint density at radius 3 is 2.62 bits per heavy atom. The van der Waals surface area contributed by atoms with E-state index >= 15 is 0 Å². The molecule has 1 N–H and O–H groups in total. The second-order valence-electron chi connectivity index (χ2n) is 6.45. The largest absolute Gasteiger partial charge is 0.325 e. The molecule has 3 rings (SSSR count). The number of aryl methyl sites for hydroxylation is 1. The molecule has 1 fully saturated rings. The third-order valence-corrected chi connectivity index (χ3v) is 6.13. The quantitative estimate of drug-likeness (QED) is 0.737. The minimum Gasteiger partial charge on any atom is -0.325 e. The van der Waals surface area contributed by atoms with Gasteiger partial charge in [-0.25, -0.2) is 0 Å². The van der Waals surface area contributed by atoms with Crippen LogP contribution in [0.2, 0.25) is 5.02 Å². The van der Waals surface area contributed by atoms with Crippen molar-refractivity contribution in [2.45, 2.75) is 26.7 Å². The molecule has 0 spiro atoms. The molecular formula is C20H20BrClN2O2. The normalized spacial score (nSPS) is 16.8. The van der Waals surface area contributed by atoms with Gasteiger partial charge in [0.1, 0.15) is 0 Å². The first kappa shape index (κ1) is 18.9. The van der Waals surface area contributed by atoms with Gasteiger partial charge < -0.3 is 10.2 Å². The summed E-state index contributed by atoms with van der Waals surface area (Å²) in [4.78, 5) is 26.7. The molecule has 1 heterocycles. The minimum absolute atomic E-state index is 0.0278. The van der Waals surface area contributed by atoms with Gasteiger partial charge >= 0.3 is 0 Å². The number of rotatable bonds is 4. The molecule has 2 aromatic rings. The molecule has 1 aliphatic heterocycles. The Balaban J connectivity index is 1.71. The van der Waals surface area contributed by atoms with Gasteiger partial charge in [-0.3, -0.25) is 9.59 Å². The zero-order chi connectivity index (χ0) is 18.8. The van der Waals surface area contributed by atoms with Gasteiger partial charge in [0.2, 0.25) is 11.8 Å². The van der Waals surface area contributed by atoms with Crippen molar-refractivity contribution in [3.8, 4) is 0 Å². The number of carbonyl (C=O) groups excluding carboxylic acids is 2. The molecule has 0 saturated carbocycles. The predicted molar refractivity (Wildman–Crippen MR) is 109 cm³/mol. The average molecular weight is 436 g/mol. The van der Waals surface area contributed by atoms with Gasteiger partial charge in [0, 0.05) is 28.8 Å². The van der Waals surface area contributed by atoms with E-state index in [-0.39, 0.29) is 24.2 Å². The van der Waals surface area contributed by atoms with Crippen LogP contribution in [0.4, 0.5) is 11.4 Å². The van der Waals surface area contributed by atoms with Gasteiger partial charge in [0.05, 0.1) is 10.9 Å². The van der Waals surface area contributed by atoms with Crippen molar-refractivity contribution < 1.29 is 9.59 Å². The molecule has 4 nitrogen and oxygen atoms in total.